The van der Waals surface area contributed by atoms with Gasteiger partial charge in [-0.05, 0) is 51.5 Å². The van der Waals surface area contributed by atoms with Crippen LogP contribution in [0.4, 0.5) is 11.8 Å². The van der Waals surface area contributed by atoms with Gasteiger partial charge in [-0.1, -0.05) is 0 Å². The van der Waals surface area contributed by atoms with Gasteiger partial charge in [0, 0.05) is 24.2 Å². The molecule has 3 saturated carbocycles. The van der Waals surface area contributed by atoms with E-state index in [0.717, 1.165) is 50.8 Å². The Kier molecular flexibility index (Phi) is 3.83. The molecule has 3 N–H and O–H groups in total. The SMILES string of the molecule is Cc1nc(NC2CC2)nc(NC2CCC3C(O)C23)c1-c1nc2c(C)nccc2s1. The van der Waals surface area contributed by atoms with Gasteiger partial charge in [-0.15, -0.1) is 11.3 Å². The van der Waals surface area contributed by atoms with Crippen LogP contribution in [0, 0.1) is 25.7 Å². The summed E-state index contributed by atoms with van der Waals surface area (Å²) in [6.07, 6.45) is 6.18. The Morgan fingerprint density at radius 1 is 1.03 bits per heavy atom. The molecule has 3 aromatic heterocycles. The largest absolute Gasteiger partial charge is 0.392 e. The molecule has 3 heterocycles. The third kappa shape index (κ3) is 2.97. The second-order valence-electron chi connectivity index (χ2n) is 8.60. The highest BCUT2D eigenvalue weighted by Gasteiger charge is 2.57. The lowest BCUT2D eigenvalue weighted by molar-refractivity contribution is 0.229. The number of thiazole rings is 1. The van der Waals surface area contributed by atoms with Crippen molar-refractivity contribution in [1.82, 2.24) is 19.9 Å². The number of aliphatic hydroxyl groups is 1. The second kappa shape index (κ2) is 6.34. The number of anilines is 2. The van der Waals surface area contributed by atoms with E-state index in [9.17, 15) is 5.11 Å². The Labute approximate surface area is 173 Å². The molecule has 4 atom stereocenters. The summed E-state index contributed by atoms with van der Waals surface area (Å²) in [4.78, 5) is 18.9. The van der Waals surface area contributed by atoms with E-state index in [1.54, 1.807) is 11.3 Å². The van der Waals surface area contributed by atoms with Gasteiger partial charge in [-0.25, -0.2) is 9.97 Å². The fourth-order valence-corrected chi connectivity index (χ4v) is 5.80. The number of hydrogen-bond acceptors (Lipinski definition) is 8. The molecule has 150 valence electrons. The summed E-state index contributed by atoms with van der Waals surface area (Å²) in [6.45, 7) is 4.02. The topological polar surface area (TPSA) is 95.9 Å². The van der Waals surface area contributed by atoms with E-state index in [4.69, 9.17) is 15.0 Å². The van der Waals surface area contributed by atoms with Crippen molar-refractivity contribution >= 4 is 33.3 Å². The number of aromatic nitrogens is 4. The van der Waals surface area contributed by atoms with Gasteiger partial charge in [0.15, 0.2) is 0 Å². The predicted molar refractivity (Wildman–Crippen MR) is 114 cm³/mol. The van der Waals surface area contributed by atoms with Crippen molar-refractivity contribution in [2.24, 2.45) is 11.8 Å². The van der Waals surface area contributed by atoms with E-state index >= 15 is 0 Å². The fraction of sp³-hybridized carbons (Fsp3) is 0.524. The maximum Gasteiger partial charge on any atom is 0.225 e. The minimum atomic E-state index is -0.159. The summed E-state index contributed by atoms with van der Waals surface area (Å²) >= 11 is 1.65. The monoisotopic (exact) mass is 408 g/mol. The van der Waals surface area contributed by atoms with Crippen LogP contribution in [0.25, 0.3) is 20.8 Å². The van der Waals surface area contributed by atoms with Crippen LogP contribution in [0.15, 0.2) is 12.3 Å². The smallest absolute Gasteiger partial charge is 0.225 e. The standard InChI is InChI=1S/C21H24N6OS/c1-9-15(20-26-17-10(2)22-8-7-14(17)29-20)19(27-21(23-9)24-11-3-4-11)25-13-6-5-12-16(13)18(12)28/h7-8,11-13,16,18,28H,3-6H2,1-2H3,(H2,23,24,25,27). The van der Waals surface area contributed by atoms with Crippen LogP contribution in [-0.4, -0.2) is 43.2 Å². The molecule has 8 heteroatoms. The Morgan fingerprint density at radius 3 is 2.62 bits per heavy atom. The quantitative estimate of drug-likeness (QED) is 0.594. The van der Waals surface area contributed by atoms with E-state index in [1.165, 1.54) is 12.8 Å². The van der Waals surface area contributed by atoms with Gasteiger partial charge in [0.1, 0.15) is 16.3 Å². The summed E-state index contributed by atoms with van der Waals surface area (Å²) in [5.41, 5.74) is 3.76. The zero-order chi connectivity index (χ0) is 19.7. The molecule has 0 saturated heterocycles. The van der Waals surface area contributed by atoms with Crippen molar-refractivity contribution < 1.29 is 5.11 Å². The van der Waals surface area contributed by atoms with Crippen molar-refractivity contribution in [2.75, 3.05) is 10.6 Å². The number of aliphatic hydroxyl groups excluding tert-OH is 1. The lowest BCUT2D eigenvalue weighted by Crippen LogP contribution is -2.23. The molecule has 3 aliphatic rings. The van der Waals surface area contributed by atoms with Crippen LogP contribution in [0.1, 0.15) is 37.1 Å². The molecule has 0 radical (unpaired) electrons. The van der Waals surface area contributed by atoms with Crippen molar-refractivity contribution in [3.63, 3.8) is 0 Å². The highest BCUT2D eigenvalue weighted by Crippen LogP contribution is 2.53. The summed E-state index contributed by atoms with van der Waals surface area (Å²) < 4.78 is 1.12. The molecule has 3 aliphatic carbocycles. The summed E-state index contributed by atoms with van der Waals surface area (Å²) in [6, 6.07) is 2.76. The first-order valence-corrected chi connectivity index (χ1v) is 11.2. The molecule has 0 amide bonds. The van der Waals surface area contributed by atoms with Crippen LogP contribution in [0.3, 0.4) is 0 Å². The molecule has 0 bridgehead atoms. The Hall–Kier alpha value is -2.32. The third-order valence-corrected chi connectivity index (χ3v) is 7.53. The fourth-order valence-electron chi connectivity index (χ4n) is 4.69. The average molecular weight is 409 g/mol. The van der Waals surface area contributed by atoms with E-state index in [2.05, 4.69) is 15.6 Å². The first-order chi connectivity index (χ1) is 14.1. The maximum atomic E-state index is 10.1. The number of pyridine rings is 1. The molecule has 0 spiro atoms. The Morgan fingerprint density at radius 2 is 1.90 bits per heavy atom. The molecule has 6 rings (SSSR count). The first-order valence-electron chi connectivity index (χ1n) is 10.4. The van der Waals surface area contributed by atoms with Gasteiger partial charge in [0.05, 0.1) is 27.8 Å². The van der Waals surface area contributed by atoms with Crippen LogP contribution in [0.2, 0.25) is 0 Å². The predicted octanol–water partition coefficient (Wildman–Crippen LogP) is 3.52. The summed E-state index contributed by atoms with van der Waals surface area (Å²) in [5, 5.41) is 18.1. The van der Waals surface area contributed by atoms with E-state index in [1.807, 2.05) is 26.1 Å². The highest BCUT2D eigenvalue weighted by atomic mass is 32.1. The number of hydrogen-bond donors (Lipinski definition) is 3. The highest BCUT2D eigenvalue weighted by molar-refractivity contribution is 7.21. The van der Waals surface area contributed by atoms with Crippen molar-refractivity contribution in [1.29, 1.82) is 0 Å². The zero-order valence-electron chi connectivity index (χ0n) is 16.5. The molecular weight excluding hydrogens is 384 g/mol. The number of rotatable bonds is 5. The molecule has 3 fully saturated rings. The number of aryl methyl sites for hydroxylation is 2. The summed E-state index contributed by atoms with van der Waals surface area (Å²) in [7, 11) is 0. The van der Waals surface area contributed by atoms with Crippen LogP contribution in [-0.2, 0) is 0 Å². The average Bonchev–Trinajstić information content (AvgIpc) is 3.49. The molecular formula is C21H24N6OS. The minimum absolute atomic E-state index is 0.159. The number of fused-ring (bicyclic) bond motifs is 2. The van der Waals surface area contributed by atoms with E-state index in [0.29, 0.717) is 23.8 Å². The number of nitrogens with zero attached hydrogens (tertiary/aromatic N) is 4. The van der Waals surface area contributed by atoms with Crippen LogP contribution in [0.5, 0.6) is 0 Å². The van der Waals surface area contributed by atoms with Crippen molar-refractivity contribution in [3.05, 3.63) is 23.7 Å². The maximum absolute atomic E-state index is 10.1. The van der Waals surface area contributed by atoms with Gasteiger partial charge < -0.3 is 15.7 Å². The third-order valence-electron chi connectivity index (χ3n) is 6.49. The van der Waals surface area contributed by atoms with Gasteiger partial charge in [-0.3, -0.25) is 4.98 Å². The lowest BCUT2D eigenvalue weighted by atomic mass is 10.1. The zero-order valence-corrected chi connectivity index (χ0v) is 17.3. The Balaban J connectivity index is 1.43. The van der Waals surface area contributed by atoms with E-state index < -0.39 is 0 Å². The van der Waals surface area contributed by atoms with Gasteiger partial charge >= 0.3 is 0 Å². The van der Waals surface area contributed by atoms with Gasteiger partial charge in [0.25, 0.3) is 0 Å². The number of nitrogens with one attached hydrogen (secondary N) is 2. The second-order valence-corrected chi connectivity index (χ2v) is 9.63. The van der Waals surface area contributed by atoms with Crippen molar-refractivity contribution in [2.45, 2.75) is 57.7 Å². The van der Waals surface area contributed by atoms with Gasteiger partial charge in [0.2, 0.25) is 5.95 Å². The van der Waals surface area contributed by atoms with Crippen LogP contribution >= 0.6 is 11.3 Å². The minimum Gasteiger partial charge on any atom is -0.392 e. The van der Waals surface area contributed by atoms with Crippen molar-refractivity contribution in [3.8, 4) is 10.6 Å². The molecule has 7 nitrogen and oxygen atoms in total. The van der Waals surface area contributed by atoms with E-state index in [-0.39, 0.29) is 12.1 Å². The molecule has 0 aromatic carbocycles. The first kappa shape index (κ1) is 17.5. The van der Waals surface area contributed by atoms with Crippen LogP contribution < -0.4 is 10.6 Å². The molecule has 0 aliphatic heterocycles. The summed E-state index contributed by atoms with van der Waals surface area (Å²) in [5.74, 6) is 2.31. The Bertz CT molecular complexity index is 1110. The molecule has 4 unspecified atom stereocenters. The van der Waals surface area contributed by atoms with Gasteiger partial charge in [-0.2, -0.15) is 4.98 Å². The molecule has 29 heavy (non-hydrogen) atoms. The molecule has 3 aromatic rings. The normalized spacial score (nSPS) is 27.8. The lowest BCUT2D eigenvalue weighted by Gasteiger charge is -2.19.